The fourth-order valence-electron chi connectivity index (χ4n) is 3.18. The zero-order chi connectivity index (χ0) is 22.7. The van der Waals surface area contributed by atoms with Gasteiger partial charge in [0, 0.05) is 17.3 Å². The number of hydrogen-bond donors (Lipinski definition) is 2. The third-order valence-electron chi connectivity index (χ3n) is 4.74. The van der Waals surface area contributed by atoms with Gasteiger partial charge in [0.1, 0.15) is 19.0 Å². The minimum atomic E-state index is -3.64. The van der Waals surface area contributed by atoms with Crippen molar-refractivity contribution in [1.29, 1.82) is 0 Å². The molecule has 0 spiro atoms. The summed E-state index contributed by atoms with van der Waals surface area (Å²) in [6, 6.07) is 11.4. The number of hydrogen-bond acceptors (Lipinski definition) is 8. The number of ether oxygens (including phenoxy) is 3. The SMILES string of the molecule is CC(OC(=O)CCN=C1NS(=O)(=O)c2ccccc21)C(=O)Nc1ccc2c(c1)OCCO2. The van der Waals surface area contributed by atoms with Crippen molar-refractivity contribution in [2.45, 2.75) is 24.3 Å². The maximum Gasteiger partial charge on any atom is 0.308 e. The van der Waals surface area contributed by atoms with E-state index in [-0.39, 0.29) is 23.7 Å². The summed E-state index contributed by atoms with van der Waals surface area (Å²) in [7, 11) is -3.64. The van der Waals surface area contributed by atoms with E-state index in [4.69, 9.17) is 14.2 Å². The second-order valence-electron chi connectivity index (χ2n) is 7.06. The van der Waals surface area contributed by atoms with Gasteiger partial charge in [0.15, 0.2) is 17.6 Å². The van der Waals surface area contributed by atoms with Crippen LogP contribution in [0.5, 0.6) is 11.5 Å². The molecule has 0 fully saturated rings. The molecule has 11 heteroatoms. The van der Waals surface area contributed by atoms with Crippen molar-refractivity contribution in [1.82, 2.24) is 4.72 Å². The Balaban J connectivity index is 1.29. The summed E-state index contributed by atoms with van der Waals surface area (Å²) in [5.41, 5.74) is 0.939. The first kappa shape index (κ1) is 21.6. The van der Waals surface area contributed by atoms with Crippen LogP contribution in [0.25, 0.3) is 0 Å². The highest BCUT2D eigenvalue weighted by atomic mass is 32.2. The number of rotatable bonds is 6. The Bertz CT molecular complexity index is 1190. The summed E-state index contributed by atoms with van der Waals surface area (Å²) in [4.78, 5) is 28.7. The number of aliphatic imine (C=N–C) groups is 1. The monoisotopic (exact) mass is 459 g/mol. The number of amidine groups is 1. The van der Waals surface area contributed by atoms with Crippen LogP contribution >= 0.6 is 0 Å². The van der Waals surface area contributed by atoms with E-state index in [1.54, 1.807) is 36.4 Å². The Morgan fingerprint density at radius 2 is 1.91 bits per heavy atom. The zero-order valence-electron chi connectivity index (χ0n) is 17.2. The number of nitrogens with zero attached hydrogens (tertiary/aromatic N) is 1. The second kappa shape index (κ2) is 8.87. The molecule has 0 saturated heterocycles. The number of nitrogens with one attached hydrogen (secondary N) is 2. The second-order valence-corrected chi connectivity index (χ2v) is 8.71. The lowest BCUT2D eigenvalue weighted by Gasteiger charge is -2.19. The summed E-state index contributed by atoms with van der Waals surface area (Å²) < 4.78 is 42.6. The Morgan fingerprint density at radius 1 is 1.16 bits per heavy atom. The Morgan fingerprint density at radius 3 is 2.72 bits per heavy atom. The smallest absolute Gasteiger partial charge is 0.308 e. The van der Waals surface area contributed by atoms with Gasteiger partial charge in [-0.25, -0.2) is 8.42 Å². The number of fused-ring (bicyclic) bond motifs is 2. The standard InChI is InChI=1S/C21H21N3O7S/c1-13(21(26)23-14-6-7-16-17(12-14)30-11-10-29-16)31-19(25)8-9-22-20-15-4-2-3-5-18(15)32(27,28)24-20/h2-7,12-13H,8-11H2,1H3,(H,22,24)(H,23,26). The van der Waals surface area contributed by atoms with Crippen LogP contribution in [0.4, 0.5) is 5.69 Å². The van der Waals surface area contributed by atoms with Crippen LogP contribution in [0.1, 0.15) is 18.9 Å². The normalized spacial score (nSPS) is 17.7. The van der Waals surface area contributed by atoms with E-state index in [1.165, 1.54) is 13.0 Å². The fourth-order valence-corrected chi connectivity index (χ4v) is 4.44. The average Bonchev–Trinajstić information content (AvgIpc) is 3.04. The third kappa shape index (κ3) is 4.67. The molecule has 2 N–H and O–H groups in total. The molecule has 32 heavy (non-hydrogen) atoms. The first-order chi connectivity index (χ1) is 15.3. The van der Waals surface area contributed by atoms with Crippen LogP contribution in [0.2, 0.25) is 0 Å². The topological polar surface area (TPSA) is 132 Å². The molecule has 2 aliphatic rings. The van der Waals surface area contributed by atoms with Gasteiger partial charge in [0.2, 0.25) is 0 Å². The predicted molar refractivity (Wildman–Crippen MR) is 114 cm³/mol. The Kier molecular flexibility index (Phi) is 5.99. The molecule has 2 aliphatic heterocycles. The van der Waals surface area contributed by atoms with Crippen LogP contribution in [0.3, 0.4) is 0 Å². The van der Waals surface area contributed by atoms with Gasteiger partial charge >= 0.3 is 5.97 Å². The summed E-state index contributed by atoms with van der Waals surface area (Å²) in [6.45, 7) is 2.35. The van der Waals surface area contributed by atoms with E-state index in [9.17, 15) is 18.0 Å². The molecule has 0 radical (unpaired) electrons. The van der Waals surface area contributed by atoms with Crippen molar-refractivity contribution in [3.05, 3.63) is 48.0 Å². The minimum Gasteiger partial charge on any atom is -0.486 e. The van der Waals surface area contributed by atoms with E-state index in [1.807, 2.05) is 0 Å². The fraction of sp³-hybridized carbons (Fsp3) is 0.286. The van der Waals surface area contributed by atoms with Gasteiger partial charge in [-0.15, -0.1) is 0 Å². The van der Waals surface area contributed by atoms with Gasteiger partial charge in [-0.3, -0.25) is 19.3 Å². The lowest BCUT2D eigenvalue weighted by atomic mass is 10.2. The van der Waals surface area contributed by atoms with Crippen LogP contribution in [-0.4, -0.2) is 52.0 Å². The van der Waals surface area contributed by atoms with Crippen molar-refractivity contribution in [3.8, 4) is 11.5 Å². The molecule has 2 aromatic rings. The van der Waals surface area contributed by atoms with Crippen LogP contribution in [0, 0.1) is 0 Å². The zero-order valence-corrected chi connectivity index (χ0v) is 18.0. The van der Waals surface area contributed by atoms with Gasteiger partial charge in [-0.2, -0.15) is 0 Å². The molecule has 2 heterocycles. The lowest BCUT2D eigenvalue weighted by molar-refractivity contribution is -0.152. The summed E-state index contributed by atoms with van der Waals surface area (Å²) in [5.74, 6) is 0.175. The summed E-state index contributed by atoms with van der Waals surface area (Å²) in [6.07, 6.45) is -1.15. The predicted octanol–water partition coefficient (Wildman–Crippen LogP) is 1.46. The molecule has 2 aromatic carbocycles. The van der Waals surface area contributed by atoms with Gasteiger partial charge in [-0.05, 0) is 31.2 Å². The largest absolute Gasteiger partial charge is 0.486 e. The van der Waals surface area contributed by atoms with E-state index >= 15 is 0 Å². The van der Waals surface area contributed by atoms with Crippen molar-refractivity contribution >= 4 is 33.4 Å². The molecular weight excluding hydrogens is 438 g/mol. The number of sulfonamides is 1. The maximum atomic E-state index is 12.3. The molecule has 0 saturated carbocycles. The van der Waals surface area contributed by atoms with E-state index in [0.717, 1.165) is 0 Å². The molecule has 1 atom stereocenters. The van der Waals surface area contributed by atoms with Crippen molar-refractivity contribution in [2.75, 3.05) is 25.1 Å². The average molecular weight is 459 g/mol. The van der Waals surface area contributed by atoms with Crippen molar-refractivity contribution in [2.24, 2.45) is 4.99 Å². The van der Waals surface area contributed by atoms with Gasteiger partial charge in [0.05, 0.1) is 17.9 Å². The molecule has 0 aliphatic carbocycles. The molecule has 10 nitrogen and oxygen atoms in total. The molecule has 168 valence electrons. The first-order valence-corrected chi connectivity index (χ1v) is 11.4. The highest BCUT2D eigenvalue weighted by Gasteiger charge is 2.30. The lowest BCUT2D eigenvalue weighted by Crippen LogP contribution is -2.30. The Hall–Kier alpha value is -3.60. The highest BCUT2D eigenvalue weighted by molar-refractivity contribution is 7.90. The number of esters is 1. The molecule has 4 rings (SSSR count). The number of amides is 1. The summed E-state index contributed by atoms with van der Waals surface area (Å²) in [5, 5.41) is 2.66. The molecule has 1 unspecified atom stereocenters. The minimum absolute atomic E-state index is 0.00151. The number of anilines is 1. The van der Waals surface area contributed by atoms with E-state index in [0.29, 0.717) is 36.0 Å². The number of carbonyl (C=O) groups excluding carboxylic acids is 2. The van der Waals surface area contributed by atoms with E-state index in [2.05, 4.69) is 15.0 Å². The molecule has 0 aromatic heterocycles. The number of carbonyl (C=O) groups is 2. The molecular formula is C21H21N3O7S. The highest BCUT2D eigenvalue weighted by Crippen LogP contribution is 2.32. The maximum absolute atomic E-state index is 12.3. The van der Waals surface area contributed by atoms with Crippen molar-refractivity contribution < 1.29 is 32.2 Å². The van der Waals surface area contributed by atoms with Crippen LogP contribution < -0.4 is 19.5 Å². The molecule has 0 bridgehead atoms. The van der Waals surface area contributed by atoms with Crippen LogP contribution in [0.15, 0.2) is 52.4 Å². The van der Waals surface area contributed by atoms with Gasteiger partial charge < -0.3 is 19.5 Å². The van der Waals surface area contributed by atoms with Gasteiger partial charge in [-0.1, -0.05) is 12.1 Å². The quantitative estimate of drug-likeness (QED) is 0.625. The summed E-state index contributed by atoms with van der Waals surface area (Å²) >= 11 is 0. The van der Waals surface area contributed by atoms with Crippen molar-refractivity contribution in [3.63, 3.8) is 0 Å². The van der Waals surface area contributed by atoms with E-state index < -0.39 is 28.0 Å². The number of benzene rings is 2. The van der Waals surface area contributed by atoms with Gasteiger partial charge in [0.25, 0.3) is 15.9 Å². The van der Waals surface area contributed by atoms with Crippen LogP contribution in [-0.2, 0) is 24.3 Å². The Labute approximate surface area is 184 Å². The molecule has 1 amide bonds. The first-order valence-electron chi connectivity index (χ1n) is 9.90. The third-order valence-corrected chi connectivity index (χ3v) is 6.13.